The molecule has 2 aromatic carbocycles. The highest BCUT2D eigenvalue weighted by Crippen LogP contribution is 2.43. The van der Waals surface area contributed by atoms with E-state index in [1.165, 1.54) is 23.8 Å². The number of ether oxygens (including phenoxy) is 2. The van der Waals surface area contributed by atoms with Crippen molar-refractivity contribution in [1.29, 1.82) is 0 Å². The monoisotopic (exact) mass is 507 g/mol. The Labute approximate surface area is 223 Å². The number of hydrogen-bond donors (Lipinski definition) is 0. The first kappa shape index (κ1) is 28.9. The van der Waals surface area contributed by atoms with E-state index in [1.54, 1.807) is 0 Å². The van der Waals surface area contributed by atoms with Gasteiger partial charge in [0.05, 0.1) is 12.7 Å². The lowest BCUT2D eigenvalue weighted by molar-refractivity contribution is -0.164. The molecule has 5 nitrogen and oxygen atoms in total. The molecule has 1 aliphatic heterocycles. The number of amides is 1. The van der Waals surface area contributed by atoms with Crippen LogP contribution in [0, 0.1) is 26.2 Å². The minimum Gasteiger partial charge on any atom is -0.467 e. The number of nitrogens with zero attached hydrogens (tertiary/aromatic N) is 1. The second kappa shape index (κ2) is 11.0. The number of esters is 1. The Morgan fingerprint density at radius 2 is 1.54 bits per heavy atom. The zero-order chi connectivity index (χ0) is 27.7. The third kappa shape index (κ3) is 5.77. The molecular weight excluding hydrogens is 462 g/mol. The fraction of sp³-hybridized carbons (Fsp3) is 0.562. The molecule has 2 aromatic rings. The molecule has 0 bridgehead atoms. The summed E-state index contributed by atoms with van der Waals surface area (Å²) in [5, 5.41) is 0. The normalized spacial score (nSPS) is 14.8. The quantitative estimate of drug-likeness (QED) is 0.378. The van der Waals surface area contributed by atoms with E-state index in [2.05, 4.69) is 65.8 Å². The van der Waals surface area contributed by atoms with E-state index in [0.717, 1.165) is 47.1 Å². The molecule has 0 spiro atoms. The van der Waals surface area contributed by atoms with Crippen LogP contribution in [-0.2, 0) is 32.0 Å². The van der Waals surface area contributed by atoms with Gasteiger partial charge in [0.25, 0.3) is 0 Å². The van der Waals surface area contributed by atoms with Crippen molar-refractivity contribution < 1.29 is 19.1 Å². The van der Waals surface area contributed by atoms with Crippen LogP contribution < -0.4 is 0 Å². The summed E-state index contributed by atoms with van der Waals surface area (Å²) in [5.41, 5.74) is 7.72. The number of rotatable bonds is 7. The number of carbonyl (C=O) groups excluding carboxylic acids is 2. The zero-order valence-electron chi connectivity index (χ0n) is 24.5. The van der Waals surface area contributed by atoms with E-state index in [0.29, 0.717) is 13.1 Å². The summed E-state index contributed by atoms with van der Waals surface area (Å²) in [5.74, 6) is -0.176. The van der Waals surface area contributed by atoms with E-state index < -0.39 is 17.7 Å². The summed E-state index contributed by atoms with van der Waals surface area (Å²) in [4.78, 5) is 28.8. The van der Waals surface area contributed by atoms with Crippen LogP contribution in [0.4, 0.5) is 0 Å². The molecule has 37 heavy (non-hydrogen) atoms. The van der Waals surface area contributed by atoms with Crippen LogP contribution in [0.2, 0.25) is 0 Å². The Bertz CT molecular complexity index is 1150. The Hall–Kier alpha value is -2.66. The van der Waals surface area contributed by atoms with Crippen molar-refractivity contribution in [2.24, 2.45) is 5.41 Å². The predicted molar refractivity (Wildman–Crippen MR) is 149 cm³/mol. The Kier molecular flexibility index (Phi) is 8.58. The Balaban J connectivity index is 2.27. The second-order valence-electron chi connectivity index (χ2n) is 11.7. The second-order valence-corrected chi connectivity index (χ2v) is 11.7. The summed E-state index contributed by atoms with van der Waals surface area (Å²) in [6, 6.07) is 8.40. The van der Waals surface area contributed by atoms with Crippen molar-refractivity contribution in [2.75, 3.05) is 13.7 Å². The molecule has 202 valence electrons. The van der Waals surface area contributed by atoms with Gasteiger partial charge in [-0.15, -0.1) is 0 Å². The van der Waals surface area contributed by atoms with Crippen molar-refractivity contribution >= 4 is 11.9 Å². The van der Waals surface area contributed by atoms with Crippen LogP contribution in [-0.4, -0.2) is 36.0 Å². The standard InChI is InChI=1S/C32H45NO4/c1-11-32(9,12-2)30(35)33-18-17-24-21(4)27(28(29(34)36-10)37-31(6,7)8)26(22(5)25(24)19-33)23-15-13-20(3)14-16-23/h13-16,28H,11-12,17-19H2,1-10H3/t28-/m0/s1. The molecule has 0 aliphatic carbocycles. The molecule has 0 aromatic heterocycles. The van der Waals surface area contributed by atoms with Crippen molar-refractivity contribution in [2.45, 2.75) is 99.8 Å². The third-order valence-corrected chi connectivity index (χ3v) is 8.15. The van der Waals surface area contributed by atoms with E-state index in [1.807, 2.05) is 25.7 Å². The fourth-order valence-corrected chi connectivity index (χ4v) is 5.44. The van der Waals surface area contributed by atoms with E-state index in [9.17, 15) is 9.59 Å². The van der Waals surface area contributed by atoms with Gasteiger partial charge in [-0.3, -0.25) is 4.79 Å². The first-order valence-electron chi connectivity index (χ1n) is 13.5. The summed E-state index contributed by atoms with van der Waals surface area (Å²) in [6.45, 7) is 19.7. The van der Waals surface area contributed by atoms with E-state index >= 15 is 0 Å². The van der Waals surface area contributed by atoms with Crippen LogP contribution in [0.5, 0.6) is 0 Å². The summed E-state index contributed by atoms with van der Waals surface area (Å²) >= 11 is 0. The van der Waals surface area contributed by atoms with Crippen LogP contribution >= 0.6 is 0 Å². The summed E-state index contributed by atoms with van der Waals surface area (Å²) < 4.78 is 11.6. The van der Waals surface area contributed by atoms with Gasteiger partial charge in [0, 0.05) is 24.1 Å². The lowest BCUT2D eigenvalue weighted by atomic mass is 9.78. The van der Waals surface area contributed by atoms with Gasteiger partial charge in [0.2, 0.25) is 5.91 Å². The van der Waals surface area contributed by atoms with Crippen molar-refractivity contribution in [1.82, 2.24) is 4.90 Å². The van der Waals surface area contributed by atoms with Gasteiger partial charge in [-0.25, -0.2) is 4.79 Å². The summed E-state index contributed by atoms with van der Waals surface area (Å²) in [7, 11) is 1.41. The number of carbonyl (C=O) groups is 2. The minimum absolute atomic E-state index is 0.227. The highest BCUT2D eigenvalue weighted by atomic mass is 16.6. The maximum Gasteiger partial charge on any atom is 0.339 e. The molecule has 0 fully saturated rings. The van der Waals surface area contributed by atoms with Gasteiger partial charge < -0.3 is 14.4 Å². The van der Waals surface area contributed by atoms with Gasteiger partial charge in [-0.05, 0) is 94.2 Å². The topological polar surface area (TPSA) is 55.8 Å². The van der Waals surface area contributed by atoms with Crippen LogP contribution in [0.25, 0.3) is 11.1 Å². The Morgan fingerprint density at radius 3 is 2.05 bits per heavy atom. The number of methoxy groups -OCH3 is 1. The maximum absolute atomic E-state index is 13.6. The molecule has 0 radical (unpaired) electrons. The van der Waals surface area contributed by atoms with Gasteiger partial charge >= 0.3 is 5.97 Å². The molecular formula is C32H45NO4. The molecule has 1 atom stereocenters. The molecule has 3 rings (SSSR count). The zero-order valence-corrected chi connectivity index (χ0v) is 24.5. The van der Waals surface area contributed by atoms with E-state index in [-0.39, 0.29) is 11.3 Å². The maximum atomic E-state index is 13.6. The van der Waals surface area contributed by atoms with Gasteiger partial charge in [-0.1, -0.05) is 50.6 Å². The highest BCUT2D eigenvalue weighted by molar-refractivity contribution is 5.86. The van der Waals surface area contributed by atoms with Crippen LogP contribution in [0.3, 0.4) is 0 Å². The number of aryl methyl sites for hydroxylation is 1. The van der Waals surface area contributed by atoms with Crippen molar-refractivity contribution in [3.8, 4) is 11.1 Å². The number of fused-ring (bicyclic) bond motifs is 1. The van der Waals surface area contributed by atoms with Crippen molar-refractivity contribution in [3.63, 3.8) is 0 Å². The highest BCUT2D eigenvalue weighted by Gasteiger charge is 2.38. The molecule has 0 N–H and O–H groups in total. The van der Waals surface area contributed by atoms with Gasteiger partial charge in [-0.2, -0.15) is 0 Å². The number of benzene rings is 2. The van der Waals surface area contributed by atoms with Crippen LogP contribution in [0.15, 0.2) is 24.3 Å². The van der Waals surface area contributed by atoms with E-state index in [4.69, 9.17) is 9.47 Å². The molecule has 0 saturated carbocycles. The smallest absolute Gasteiger partial charge is 0.339 e. The molecule has 1 heterocycles. The molecule has 5 heteroatoms. The van der Waals surface area contributed by atoms with Crippen LogP contribution in [0.1, 0.15) is 93.9 Å². The lowest BCUT2D eigenvalue weighted by Gasteiger charge is -2.39. The third-order valence-electron chi connectivity index (χ3n) is 8.15. The van der Waals surface area contributed by atoms with Gasteiger partial charge in [0.1, 0.15) is 0 Å². The minimum atomic E-state index is -0.853. The predicted octanol–water partition coefficient (Wildman–Crippen LogP) is 7.02. The first-order chi connectivity index (χ1) is 17.3. The summed E-state index contributed by atoms with van der Waals surface area (Å²) in [6.07, 6.45) is 1.54. The average Bonchev–Trinajstić information content (AvgIpc) is 2.87. The first-order valence-corrected chi connectivity index (χ1v) is 13.5. The number of hydrogen-bond acceptors (Lipinski definition) is 4. The molecule has 1 amide bonds. The molecule has 0 unspecified atom stereocenters. The molecule has 1 aliphatic rings. The Morgan fingerprint density at radius 1 is 0.946 bits per heavy atom. The largest absolute Gasteiger partial charge is 0.467 e. The fourth-order valence-electron chi connectivity index (χ4n) is 5.44. The van der Waals surface area contributed by atoms with Gasteiger partial charge in [0.15, 0.2) is 6.10 Å². The molecule has 0 saturated heterocycles. The SMILES string of the molecule is CCC(C)(CC)C(=O)N1CCc2c(C)c([C@H](OC(C)(C)C)C(=O)OC)c(-c3ccc(C)cc3)c(C)c2C1. The lowest BCUT2D eigenvalue weighted by Crippen LogP contribution is -2.45. The van der Waals surface area contributed by atoms with Crippen molar-refractivity contribution in [3.05, 3.63) is 57.6 Å². The average molecular weight is 508 g/mol.